The van der Waals surface area contributed by atoms with Crippen LogP contribution in [0.2, 0.25) is 0 Å². The van der Waals surface area contributed by atoms with Gasteiger partial charge in [0.25, 0.3) is 0 Å². The first kappa shape index (κ1) is 6.55. The molecule has 1 saturated carbocycles. The van der Waals surface area contributed by atoms with Crippen LogP contribution in [0.1, 0.15) is 33.1 Å². The van der Waals surface area contributed by atoms with Gasteiger partial charge < -0.3 is 0 Å². The summed E-state index contributed by atoms with van der Waals surface area (Å²) in [5, 5.41) is 0.689. The molecule has 0 aromatic carbocycles. The van der Waals surface area contributed by atoms with Crippen molar-refractivity contribution < 1.29 is 0 Å². The summed E-state index contributed by atoms with van der Waals surface area (Å²) < 4.78 is 0. The third-order valence-electron chi connectivity index (χ3n) is 1.71. The highest BCUT2D eigenvalue weighted by atomic mass is 31.0. The molecule has 1 aliphatic rings. The fourth-order valence-electron chi connectivity index (χ4n) is 1.18. The van der Waals surface area contributed by atoms with Gasteiger partial charge in [0.05, 0.1) is 0 Å². The Morgan fingerprint density at radius 1 is 1.50 bits per heavy atom. The zero-order valence-corrected chi connectivity index (χ0v) is 6.93. The molecule has 48 valence electrons. The second-order valence-corrected chi connectivity index (χ2v) is 4.69. The molecule has 1 unspecified atom stereocenters. The van der Waals surface area contributed by atoms with Crippen LogP contribution in [0.5, 0.6) is 0 Å². The smallest absolute Gasteiger partial charge is 0.0147 e. The molecular formula is C7H15P. The van der Waals surface area contributed by atoms with Gasteiger partial charge in [0, 0.05) is 0 Å². The fourth-order valence-corrected chi connectivity index (χ4v) is 1.79. The summed E-state index contributed by atoms with van der Waals surface area (Å²) in [6, 6.07) is 0. The summed E-state index contributed by atoms with van der Waals surface area (Å²) in [5.41, 5.74) is 0. The van der Waals surface area contributed by atoms with Crippen LogP contribution in [-0.2, 0) is 0 Å². The van der Waals surface area contributed by atoms with Crippen LogP contribution in [0.15, 0.2) is 0 Å². The van der Waals surface area contributed by atoms with E-state index >= 15 is 0 Å². The van der Waals surface area contributed by atoms with Gasteiger partial charge in [0.2, 0.25) is 0 Å². The summed E-state index contributed by atoms with van der Waals surface area (Å²) in [6.07, 6.45) is 4.28. The maximum atomic E-state index is 2.97. The molecule has 1 rings (SSSR count). The van der Waals surface area contributed by atoms with Crippen molar-refractivity contribution in [3.63, 3.8) is 0 Å². The van der Waals surface area contributed by atoms with Crippen LogP contribution in [0.25, 0.3) is 0 Å². The van der Waals surface area contributed by atoms with E-state index in [0.717, 1.165) is 5.92 Å². The third kappa shape index (κ3) is 1.74. The van der Waals surface area contributed by atoms with Crippen molar-refractivity contribution in [1.29, 1.82) is 0 Å². The molecule has 0 aromatic heterocycles. The van der Waals surface area contributed by atoms with Crippen molar-refractivity contribution in [3.8, 4) is 0 Å². The van der Waals surface area contributed by atoms with E-state index in [-0.39, 0.29) is 0 Å². The van der Waals surface area contributed by atoms with E-state index in [2.05, 4.69) is 23.1 Å². The Hall–Kier alpha value is 0.430. The normalized spacial score (nSPS) is 24.0. The van der Waals surface area contributed by atoms with Crippen LogP contribution in [-0.4, -0.2) is 5.16 Å². The SMILES string of the molecule is CC(C)CC1(P)CC1. The lowest BCUT2D eigenvalue weighted by molar-refractivity contribution is 0.563. The molecule has 0 aromatic rings. The average Bonchev–Trinajstić information content (AvgIpc) is 2.17. The van der Waals surface area contributed by atoms with Gasteiger partial charge in [0.1, 0.15) is 0 Å². The second kappa shape index (κ2) is 1.99. The second-order valence-electron chi connectivity index (χ2n) is 3.46. The Labute approximate surface area is 54.3 Å². The largest absolute Gasteiger partial charge is 0.131 e. The van der Waals surface area contributed by atoms with E-state index in [1.54, 1.807) is 0 Å². The minimum atomic E-state index is 0.689. The summed E-state index contributed by atoms with van der Waals surface area (Å²) in [6.45, 7) is 4.59. The highest BCUT2D eigenvalue weighted by Gasteiger charge is 2.37. The van der Waals surface area contributed by atoms with Gasteiger partial charge in [-0.2, -0.15) is 0 Å². The molecule has 0 bridgehead atoms. The van der Waals surface area contributed by atoms with E-state index in [4.69, 9.17) is 0 Å². The Morgan fingerprint density at radius 3 is 2.12 bits per heavy atom. The Bertz CT molecular complexity index is 82.4. The summed E-state index contributed by atoms with van der Waals surface area (Å²) in [5.74, 6) is 0.884. The predicted molar refractivity (Wildman–Crippen MR) is 41.1 cm³/mol. The van der Waals surface area contributed by atoms with Gasteiger partial charge >= 0.3 is 0 Å². The van der Waals surface area contributed by atoms with Gasteiger partial charge in [-0.3, -0.25) is 0 Å². The minimum Gasteiger partial charge on any atom is -0.131 e. The molecule has 1 fully saturated rings. The molecule has 0 saturated heterocycles. The van der Waals surface area contributed by atoms with Gasteiger partial charge in [-0.25, -0.2) is 0 Å². The lowest BCUT2D eigenvalue weighted by atomic mass is 10.1. The van der Waals surface area contributed by atoms with Crippen molar-refractivity contribution in [2.75, 3.05) is 0 Å². The van der Waals surface area contributed by atoms with E-state index in [1.165, 1.54) is 19.3 Å². The topological polar surface area (TPSA) is 0 Å². The fraction of sp³-hybridized carbons (Fsp3) is 1.00. The summed E-state index contributed by atoms with van der Waals surface area (Å²) >= 11 is 0. The molecule has 8 heavy (non-hydrogen) atoms. The monoisotopic (exact) mass is 130 g/mol. The Balaban J connectivity index is 2.19. The zero-order chi connectivity index (χ0) is 6.20. The molecular weight excluding hydrogens is 115 g/mol. The Morgan fingerprint density at radius 2 is 2.00 bits per heavy atom. The number of hydrogen-bond donors (Lipinski definition) is 0. The van der Waals surface area contributed by atoms with Crippen molar-refractivity contribution >= 4 is 9.24 Å². The average molecular weight is 130 g/mol. The first-order valence-electron chi connectivity index (χ1n) is 3.41. The van der Waals surface area contributed by atoms with Crippen LogP contribution < -0.4 is 0 Å². The lowest BCUT2D eigenvalue weighted by Crippen LogP contribution is -2.01. The third-order valence-corrected chi connectivity index (χ3v) is 2.52. The molecule has 0 nitrogen and oxygen atoms in total. The van der Waals surface area contributed by atoms with Crippen molar-refractivity contribution in [3.05, 3.63) is 0 Å². The maximum Gasteiger partial charge on any atom is -0.0147 e. The number of rotatable bonds is 2. The number of hydrogen-bond acceptors (Lipinski definition) is 0. The van der Waals surface area contributed by atoms with Gasteiger partial charge in [-0.15, -0.1) is 9.24 Å². The molecule has 0 spiro atoms. The maximum absolute atomic E-state index is 2.97. The minimum absolute atomic E-state index is 0.689. The van der Waals surface area contributed by atoms with Crippen LogP contribution in [0.3, 0.4) is 0 Å². The first-order valence-corrected chi connectivity index (χ1v) is 3.99. The van der Waals surface area contributed by atoms with Gasteiger partial charge in [-0.05, 0) is 30.3 Å². The van der Waals surface area contributed by atoms with Crippen molar-refractivity contribution in [2.24, 2.45) is 5.92 Å². The highest BCUT2D eigenvalue weighted by Crippen LogP contribution is 2.49. The van der Waals surface area contributed by atoms with Crippen LogP contribution in [0, 0.1) is 5.92 Å². The summed E-state index contributed by atoms with van der Waals surface area (Å²) in [7, 11) is 2.97. The highest BCUT2D eigenvalue weighted by molar-refractivity contribution is 7.19. The van der Waals surface area contributed by atoms with E-state index in [0.29, 0.717) is 5.16 Å². The molecule has 0 radical (unpaired) electrons. The van der Waals surface area contributed by atoms with Crippen LogP contribution in [0.4, 0.5) is 0 Å². The van der Waals surface area contributed by atoms with E-state index in [9.17, 15) is 0 Å². The predicted octanol–water partition coefficient (Wildman–Crippen LogP) is 2.44. The van der Waals surface area contributed by atoms with Gasteiger partial charge in [0.15, 0.2) is 0 Å². The summed E-state index contributed by atoms with van der Waals surface area (Å²) in [4.78, 5) is 0. The molecule has 0 N–H and O–H groups in total. The molecule has 1 aliphatic carbocycles. The first-order chi connectivity index (χ1) is 3.62. The quantitative estimate of drug-likeness (QED) is 0.503. The standard InChI is InChI=1S/C7H15P/c1-6(2)5-7(8)3-4-7/h6H,3-5,8H2,1-2H3. The molecule has 1 heteroatoms. The van der Waals surface area contributed by atoms with Crippen molar-refractivity contribution in [2.45, 2.75) is 38.3 Å². The van der Waals surface area contributed by atoms with E-state index < -0.39 is 0 Å². The Kier molecular flexibility index (Phi) is 1.63. The molecule has 1 atom stereocenters. The zero-order valence-electron chi connectivity index (χ0n) is 5.78. The molecule has 0 amide bonds. The van der Waals surface area contributed by atoms with Crippen LogP contribution >= 0.6 is 9.24 Å². The van der Waals surface area contributed by atoms with Crippen molar-refractivity contribution in [1.82, 2.24) is 0 Å². The van der Waals surface area contributed by atoms with Gasteiger partial charge in [-0.1, -0.05) is 13.8 Å². The molecule has 0 heterocycles. The molecule has 0 aliphatic heterocycles. The lowest BCUT2D eigenvalue weighted by Gasteiger charge is -2.09. The van der Waals surface area contributed by atoms with E-state index in [1.807, 2.05) is 0 Å².